The first-order valence-corrected chi connectivity index (χ1v) is 5.70. The van der Waals surface area contributed by atoms with Crippen molar-refractivity contribution in [2.24, 2.45) is 0 Å². The maximum Gasteiger partial charge on any atom is 0.452 e. The molecule has 0 atom stereocenters. The second kappa shape index (κ2) is 4.00. The van der Waals surface area contributed by atoms with Crippen LogP contribution in [0.5, 0.6) is 0 Å². The summed E-state index contributed by atoms with van der Waals surface area (Å²) in [5.41, 5.74) is -6.46. The number of esters is 1. The van der Waals surface area contributed by atoms with Crippen LogP contribution < -0.4 is 5.32 Å². The van der Waals surface area contributed by atoms with Crippen molar-refractivity contribution in [1.82, 2.24) is 5.32 Å². The van der Waals surface area contributed by atoms with Crippen LogP contribution in [0.4, 0.5) is 26.3 Å². The molecule has 0 aromatic carbocycles. The third-order valence-corrected chi connectivity index (χ3v) is 3.56. The van der Waals surface area contributed by atoms with Gasteiger partial charge in [-0.05, 0) is 12.8 Å². The van der Waals surface area contributed by atoms with E-state index in [2.05, 4.69) is 4.74 Å². The van der Waals surface area contributed by atoms with Crippen molar-refractivity contribution in [3.05, 3.63) is 0 Å². The van der Waals surface area contributed by atoms with Crippen LogP contribution in [0.3, 0.4) is 0 Å². The van der Waals surface area contributed by atoms with Crippen LogP contribution in [-0.4, -0.2) is 29.6 Å². The predicted octanol–water partition coefficient (Wildman–Crippen LogP) is 2.66. The average Bonchev–Trinajstić information content (AvgIpc) is 2.54. The maximum atomic E-state index is 12.8. The number of rotatable bonds is 0. The molecule has 0 aromatic rings. The van der Waals surface area contributed by atoms with Crippen molar-refractivity contribution >= 4 is 5.97 Å². The van der Waals surface area contributed by atoms with Gasteiger partial charge in [-0.25, -0.2) is 10.1 Å². The lowest BCUT2D eigenvalue weighted by atomic mass is 9.82. The van der Waals surface area contributed by atoms with Gasteiger partial charge in [0.05, 0.1) is 0 Å². The fraction of sp³-hybridized carbons (Fsp3) is 0.900. The summed E-state index contributed by atoms with van der Waals surface area (Å²) in [6.07, 6.45) is -10.3. The molecular formula is C10H11F6NO2. The van der Waals surface area contributed by atoms with Gasteiger partial charge in [0.25, 0.3) is 0 Å². The Balaban J connectivity index is 2.42. The third-order valence-electron chi connectivity index (χ3n) is 3.56. The highest BCUT2D eigenvalue weighted by molar-refractivity contribution is 5.84. The number of ether oxygens (including phenoxy) is 1. The molecule has 9 heteroatoms. The fourth-order valence-electron chi connectivity index (χ4n) is 2.55. The van der Waals surface area contributed by atoms with Gasteiger partial charge in [0.1, 0.15) is 5.54 Å². The smallest absolute Gasteiger partial charge is 0.423 e. The third kappa shape index (κ3) is 1.98. The van der Waals surface area contributed by atoms with Crippen LogP contribution in [0.1, 0.15) is 32.1 Å². The fourth-order valence-corrected chi connectivity index (χ4v) is 2.55. The van der Waals surface area contributed by atoms with Crippen LogP contribution in [0.15, 0.2) is 0 Å². The zero-order valence-electron chi connectivity index (χ0n) is 9.62. The van der Waals surface area contributed by atoms with E-state index >= 15 is 0 Å². The summed E-state index contributed by atoms with van der Waals surface area (Å²) >= 11 is 0. The van der Waals surface area contributed by atoms with Crippen molar-refractivity contribution < 1.29 is 35.9 Å². The summed E-state index contributed by atoms with van der Waals surface area (Å²) in [5.74, 6) is -1.47. The summed E-state index contributed by atoms with van der Waals surface area (Å²) in [5, 5.41) is 1.43. The van der Waals surface area contributed by atoms with E-state index < -0.39 is 29.6 Å². The molecule has 1 N–H and O–H groups in total. The molecule has 0 radical (unpaired) electrons. The molecule has 0 aromatic heterocycles. The van der Waals surface area contributed by atoms with E-state index in [0.29, 0.717) is 19.3 Å². The SMILES string of the molecule is O=C1OC(C(F)(F)F)(C(F)(F)F)NC12CCCCC2. The Kier molecular flexibility index (Phi) is 3.04. The molecular weight excluding hydrogens is 280 g/mol. The van der Waals surface area contributed by atoms with Gasteiger partial charge in [-0.2, -0.15) is 26.3 Å². The zero-order valence-corrected chi connectivity index (χ0v) is 9.62. The highest BCUT2D eigenvalue weighted by Gasteiger charge is 2.80. The Morgan fingerprint density at radius 2 is 1.42 bits per heavy atom. The molecule has 1 aliphatic heterocycles. The number of alkyl halides is 6. The lowest BCUT2D eigenvalue weighted by molar-refractivity contribution is -0.370. The molecule has 2 fully saturated rings. The lowest BCUT2D eigenvalue weighted by Crippen LogP contribution is -2.67. The van der Waals surface area contributed by atoms with E-state index in [4.69, 9.17) is 0 Å². The molecule has 2 aliphatic rings. The number of carbonyl (C=O) groups is 1. The van der Waals surface area contributed by atoms with Crippen LogP contribution in [0, 0.1) is 0 Å². The average molecular weight is 291 g/mol. The van der Waals surface area contributed by atoms with Gasteiger partial charge in [0.2, 0.25) is 0 Å². The first-order chi connectivity index (χ1) is 8.54. The Labute approximate surface area is 104 Å². The van der Waals surface area contributed by atoms with E-state index in [1.165, 1.54) is 5.32 Å². The molecule has 110 valence electrons. The Hall–Kier alpha value is -0.990. The minimum absolute atomic E-state index is 0.0836. The molecule has 1 saturated heterocycles. The molecule has 0 amide bonds. The second-order valence-electron chi connectivity index (χ2n) is 4.83. The van der Waals surface area contributed by atoms with E-state index in [-0.39, 0.29) is 12.8 Å². The van der Waals surface area contributed by atoms with Gasteiger partial charge in [-0.1, -0.05) is 19.3 Å². The number of hydrogen-bond donors (Lipinski definition) is 1. The number of cyclic esters (lactones) is 1. The molecule has 1 aliphatic carbocycles. The second-order valence-corrected chi connectivity index (χ2v) is 4.83. The van der Waals surface area contributed by atoms with Gasteiger partial charge < -0.3 is 4.74 Å². The largest absolute Gasteiger partial charge is 0.452 e. The minimum atomic E-state index is -5.76. The summed E-state index contributed by atoms with van der Waals surface area (Å²) < 4.78 is 80.4. The molecule has 3 nitrogen and oxygen atoms in total. The standard InChI is InChI=1S/C10H11F6NO2/c11-9(12,13)8(10(14,15)16)17-7(6(18)19-8)4-2-1-3-5-7/h17H,1-5H2. The van der Waals surface area contributed by atoms with E-state index in [9.17, 15) is 31.1 Å². The Morgan fingerprint density at radius 1 is 0.947 bits per heavy atom. The van der Waals surface area contributed by atoms with Crippen molar-refractivity contribution in [3.63, 3.8) is 0 Å². The minimum Gasteiger partial charge on any atom is -0.423 e. The van der Waals surface area contributed by atoms with Crippen LogP contribution >= 0.6 is 0 Å². The van der Waals surface area contributed by atoms with Crippen LogP contribution in [-0.2, 0) is 9.53 Å². The molecule has 1 heterocycles. The topological polar surface area (TPSA) is 38.3 Å². The summed E-state index contributed by atoms with van der Waals surface area (Å²) in [6.45, 7) is 0. The van der Waals surface area contributed by atoms with Gasteiger partial charge in [-0.3, -0.25) is 0 Å². The maximum absolute atomic E-state index is 12.8. The van der Waals surface area contributed by atoms with Crippen molar-refractivity contribution in [2.45, 2.75) is 55.7 Å². The monoisotopic (exact) mass is 291 g/mol. The van der Waals surface area contributed by atoms with E-state index in [1.54, 1.807) is 0 Å². The van der Waals surface area contributed by atoms with Crippen LogP contribution in [0.2, 0.25) is 0 Å². The molecule has 0 bridgehead atoms. The number of hydrogen-bond acceptors (Lipinski definition) is 3. The van der Waals surface area contributed by atoms with Crippen molar-refractivity contribution in [3.8, 4) is 0 Å². The van der Waals surface area contributed by atoms with Crippen molar-refractivity contribution in [2.75, 3.05) is 0 Å². The van der Waals surface area contributed by atoms with Gasteiger partial charge in [-0.15, -0.1) is 0 Å². The number of halogens is 6. The van der Waals surface area contributed by atoms with Gasteiger partial charge in [0, 0.05) is 0 Å². The quantitative estimate of drug-likeness (QED) is 0.551. The summed E-state index contributed by atoms with van der Waals surface area (Å²) in [4.78, 5) is 11.6. The van der Waals surface area contributed by atoms with Gasteiger partial charge in [0.15, 0.2) is 0 Å². The Morgan fingerprint density at radius 3 is 1.79 bits per heavy atom. The number of nitrogens with one attached hydrogen (secondary N) is 1. The zero-order chi connectivity index (χ0) is 14.5. The normalized spacial score (nSPS) is 26.5. The predicted molar refractivity (Wildman–Crippen MR) is 49.9 cm³/mol. The first kappa shape index (κ1) is 14.4. The first-order valence-electron chi connectivity index (χ1n) is 5.70. The molecule has 1 saturated carbocycles. The number of carbonyl (C=O) groups excluding carboxylic acids is 1. The highest BCUT2D eigenvalue weighted by Crippen LogP contribution is 2.50. The lowest BCUT2D eigenvalue weighted by Gasteiger charge is -2.35. The summed E-state index contributed by atoms with van der Waals surface area (Å²) in [7, 11) is 0. The molecule has 0 unspecified atom stereocenters. The van der Waals surface area contributed by atoms with Crippen molar-refractivity contribution in [1.29, 1.82) is 0 Å². The summed E-state index contributed by atoms with van der Waals surface area (Å²) in [6, 6.07) is 0. The van der Waals surface area contributed by atoms with Gasteiger partial charge >= 0.3 is 24.0 Å². The van der Waals surface area contributed by atoms with Crippen LogP contribution in [0.25, 0.3) is 0 Å². The highest BCUT2D eigenvalue weighted by atomic mass is 19.4. The Bertz CT molecular complexity index is 368. The van der Waals surface area contributed by atoms with E-state index in [1.807, 2.05) is 0 Å². The molecule has 19 heavy (non-hydrogen) atoms. The molecule has 1 spiro atoms. The molecule has 2 rings (SSSR count). The van der Waals surface area contributed by atoms with E-state index in [0.717, 1.165) is 0 Å².